The molecule has 0 aromatic heterocycles. The van der Waals surface area contributed by atoms with Gasteiger partial charge in [-0.05, 0) is 37.6 Å². The van der Waals surface area contributed by atoms with E-state index in [1.165, 1.54) is 6.92 Å². The summed E-state index contributed by atoms with van der Waals surface area (Å²) in [7, 11) is 0. The molecule has 1 aliphatic rings. The molecular weight excluding hydrogens is 260 g/mol. The molecule has 20 heavy (non-hydrogen) atoms. The topological polar surface area (TPSA) is 79.2 Å². The van der Waals surface area contributed by atoms with E-state index in [1.54, 1.807) is 24.3 Å². The molecule has 0 bridgehead atoms. The van der Waals surface area contributed by atoms with E-state index in [-0.39, 0.29) is 5.71 Å². The highest BCUT2D eigenvalue weighted by molar-refractivity contribution is 6.25. The summed E-state index contributed by atoms with van der Waals surface area (Å²) in [6.07, 6.45) is 0.913. The van der Waals surface area contributed by atoms with Gasteiger partial charge in [-0.25, -0.2) is 0 Å². The minimum Gasteiger partial charge on any atom is -0.494 e. The normalized spacial score (nSPS) is 18.1. The highest BCUT2D eigenvalue weighted by Gasteiger charge is 2.39. The first kappa shape index (κ1) is 14.0. The maximum absolute atomic E-state index is 12.0. The molecule has 0 saturated carbocycles. The largest absolute Gasteiger partial charge is 0.494 e. The molecule has 1 aliphatic heterocycles. The lowest BCUT2D eigenvalue weighted by atomic mass is 10.1. The Labute approximate surface area is 116 Å². The van der Waals surface area contributed by atoms with Crippen LogP contribution in [0.5, 0.6) is 5.75 Å². The Balaban J connectivity index is 2.17. The van der Waals surface area contributed by atoms with Crippen LogP contribution in [0.3, 0.4) is 0 Å². The molecule has 1 heterocycles. The van der Waals surface area contributed by atoms with Crippen molar-refractivity contribution in [1.82, 2.24) is 0 Å². The van der Waals surface area contributed by atoms with Crippen LogP contribution in [0.1, 0.15) is 20.3 Å². The number of carbonyl (C=O) groups excluding carboxylic acids is 1. The van der Waals surface area contributed by atoms with Crippen LogP contribution in [0.2, 0.25) is 0 Å². The molecule has 0 fully saturated rings. The van der Waals surface area contributed by atoms with Crippen molar-refractivity contribution < 1.29 is 19.4 Å². The first-order chi connectivity index (χ1) is 9.54. The molecule has 6 nitrogen and oxygen atoms in total. The second kappa shape index (κ2) is 5.73. The van der Waals surface area contributed by atoms with Crippen molar-refractivity contribution in [3.63, 3.8) is 0 Å². The van der Waals surface area contributed by atoms with E-state index < -0.39 is 17.8 Å². The average Bonchev–Trinajstić information content (AvgIpc) is 2.72. The van der Waals surface area contributed by atoms with Crippen molar-refractivity contribution in [3.05, 3.63) is 24.3 Å². The Morgan fingerprint density at radius 3 is 2.55 bits per heavy atom. The standard InChI is InChI=1S/C14H16N2O4/c1-3-8-20-11-6-4-10(5-7-11)16-13(17)12(14(18)19)9(2)15-16/h4-7,12H,3,8H2,1-2H3,(H,18,19). The predicted molar refractivity (Wildman–Crippen MR) is 73.9 cm³/mol. The van der Waals surface area contributed by atoms with Crippen LogP contribution in [-0.2, 0) is 9.59 Å². The van der Waals surface area contributed by atoms with Crippen molar-refractivity contribution in [3.8, 4) is 5.75 Å². The molecule has 1 unspecified atom stereocenters. The van der Waals surface area contributed by atoms with Crippen LogP contribution in [0.25, 0.3) is 0 Å². The summed E-state index contributed by atoms with van der Waals surface area (Å²) >= 11 is 0. The van der Waals surface area contributed by atoms with Crippen LogP contribution in [0.15, 0.2) is 29.4 Å². The molecule has 1 atom stereocenters. The van der Waals surface area contributed by atoms with Gasteiger partial charge < -0.3 is 9.84 Å². The fraction of sp³-hybridized carbons (Fsp3) is 0.357. The van der Waals surface area contributed by atoms with Gasteiger partial charge in [0.2, 0.25) is 0 Å². The van der Waals surface area contributed by atoms with Crippen molar-refractivity contribution in [1.29, 1.82) is 0 Å². The van der Waals surface area contributed by atoms with Gasteiger partial charge in [-0.15, -0.1) is 0 Å². The Hall–Kier alpha value is -2.37. The maximum atomic E-state index is 12.0. The number of benzene rings is 1. The lowest BCUT2D eigenvalue weighted by Gasteiger charge is -2.13. The Morgan fingerprint density at radius 2 is 2.05 bits per heavy atom. The number of hydrogen-bond acceptors (Lipinski definition) is 4. The molecule has 0 radical (unpaired) electrons. The number of anilines is 1. The van der Waals surface area contributed by atoms with Crippen LogP contribution in [0.4, 0.5) is 5.69 Å². The Kier molecular flexibility index (Phi) is 4.02. The summed E-state index contributed by atoms with van der Waals surface area (Å²) in [5.74, 6) is -2.21. The number of carboxylic acids is 1. The molecule has 0 spiro atoms. The zero-order valence-electron chi connectivity index (χ0n) is 11.4. The van der Waals surface area contributed by atoms with E-state index in [2.05, 4.69) is 5.10 Å². The smallest absolute Gasteiger partial charge is 0.322 e. The number of hydrazone groups is 1. The second-order valence-electron chi connectivity index (χ2n) is 4.51. The van der Waals surface area contributed by atoms with Crippen LogP contribution in [-0.4, -0.2) is 29.3 Å². The van der Waals surface area contributed by atoms with Gasteiger partial charge in [0.15, 0.2) is 5.92 Å². The number of rotatable bonds is 5. The summed E-state index contributed by atoms with van der Waals surface area (Å²) in [5, 5.41) is 14.1. The van der Waals surface area contributed by atoms with Crippen molar-refractivity contribution in [2.75, 3.05) is 11.6 Å². The van der Waals surface area contributed by atoms with Crippen molar-refractivity contribution >= 4 is 23.3 Å². The molecular formula is C14H16N2O4. The van der Waals surface area contributed by atoms with E-state index >= 15 is 0 Å². The summed E-state index contributed by atoms with van der Waals surface area (Å²) in [5.41, 5.74) is 0.816. The van der Waals surface area contributed by atoms with Gasteiger partial charge >= 0.3 is 5.97 Å². The minimum atomic E-state index is -1.19. The number of carboxylic acid groups (broad SMARTS) is 1. The molecule has 0 saturated heterocycles. The highest BCUT2D eigenvalue weighted by atomic mass is 16.5. The van der Waals surface area contributed by atoms with Crippen LogP contribution in [0, 0.1) is 5.92 Å². The SMILES string of the molecule is CCCOc1ccc(N2N=C(C)C(C(=O)O)C2=O)cc1. The monoisotopic (exact) mass is 276 g/mol. The van der Waals surface area contributed by atoms with Gasteiger partial charge in [-0.3, -0.25) is 9.59 Å². The summed E-state index contributed by atoms with van der Waals surface area (Å²) in [6, 6.07) is 6.84. The van der Waals surface area contributed by atoms with Gasteiger partial charge in [-0.2, -0.15) is 10.1 Å². The summed E-state index contributed by atoms with van der Waals surface area (Å²) in [6.45, 7) is 4.18. The maximum Gasteiger partial charge on any atom is 0.322 e. The Bertz CT molecular complexity index is 551. The molecule has 106 valence electrons. The average molecular weight is 276 g/mol. The Morgan fingerprint density at radius 1 is 1.40 bits per heavy atom. The molecule has 1 aromatic carbocycles. The molecule has 6 heteroatoms. The second-order valence-corrected chi connectivity index (χ2v) is 4.51. The summed E-state index contributed by atoms with van der Waals surface area (Å²) in [4.78, 5) is 23.0. The first-order valence-corrected chi connectivity index (χ1v) is 6.39. The van der Waals surface area contributed by atoms with Crippen molar-refractivity contribution in [2.24, 2.45) is 11.0 Å². The van der Waals surface area contributed by atoms with E-state index in [4.69, 9.17) is 9.84 Å². The number of aliphatic carboxylic acids is 1. The zero-order chi connectivity index (χ0) is 14.7. The van der Waals surface area contributed by atoms with Crippen molar-refractivity contribution in [2.45, 2.75) is 20.3 Å². The lowest BCUT2D eigenvalue weighted by molar-refractivity contribution is -0.142. The van der Waals surface area contributed by atoms with Crippen LogP contribution < -0.4 is 9.75 Å². The van der Waals surface area contributed by atoms with Crippen LogP contribution >= 0.6 is 0 Å². The summed E-state index contributed by atoms with van der Waals surface area (Å²) < 4.78 is 5.45. The van der Waals surface area contributed by atoms with Gasteiger partial charge in [-0.1, -0.05) is 6.92 Å². The molecule has 1 aromatic rings. The third kappa shape index (κ3) is 2.64. The van der Waals surface area contributed by atoms with Gasteiger partial charge in [0, 0.05) is 0 Å². The van der Waals surface area contributed by atoms with E-state index in [9.17, 15) is 9.59 Å². The third-order valence-electron chi connectivity index (χ3n) is 2.93. The minimum absolute atomic E-state index is 0.286. The van der Waals surface area contributed by atoms with E-state index in [0.717, 1.165) is 11.4 Å². The predicted octanol–water partition coefficient (Wildman–Crippen LogP) is 1.90. The van der Waals surface area contributed by atoms with Gasteiger partial charge in [0.25, 0.3) is 5.91 Å². The fourth-order valence-corrected chi connectivity index (χ4v) is 1.94. The number of ether oxygens (including phenoxy) is 1. The number of amides is 1. The third-order valence-corrected chi connectivity index (χ3v) is 2.93. The zero-order valence-corrected chi connectivity index (χ0v) is 11.4. The van der Waals surface area contributed by atoms with Gasteiger partial charge in [0.05, 0.1) is 18.0 Å². The fourth-order valence-electron chi connectivity index (χ4n) is 1.94. The number of carbonyl (C=O) groups is 2. The highest BCUT2D eigenvalue weighted by Crippen LogP contribution is 2.26. The molecule has 1 N–H and O–H groups in total. The van der Waals surface area contributed by atoms with E-state index in [0.29, 0.717) is 18.0 Å². The first-order valence-electron chi connectivity index (χ1n) is 6.39. The van der Waals surface area contributed by atoms with E-state index in [1.807, 2.05) is 6.92 Å². The molecule has 2 rings (SSSR count). The quantitative estimate of drug-likeness (QED) is 0.833. The lowest BCUT2D eigenvalue weighted by Crippen LogP contribution is -2.32. The molecule has 1 amide bonds. The molecule has 0 aliphatic carbocycles. The number of nitrogens with zero attached hydrogens (tertiary/aromatic N) is 2. The van der Waals surface area contributed by atoms with Gasteiger partial charge in [0.1, 0.15) is 5.75 Å². The number of hydrogen-bond donors (Lipinski definition) is 1.